The third-order valence-electron chi connectivity index (χ3n) is 4.09. The van der Waals surface area contributed by atoms with Crippen molar-refractivity contribution in [3.8, 4) is 0 Å². The molecule has 0 heterocycles. The van der Waals surface area contributed by atoms with Gasteiger partial charge in [0.2, 0.25) is 0 Å². The molecule has 2 rings (SSSR count). The van der Waals surface area contributed by atoms with Gasteiger partial charge in [0.1, 0.15) is 12.7 Å². The zero-order valence-corrected chi connectivity index (χ0v) is 16.3. The van der Waals surface area contributed by atoms with Crippen molar-refractivity contribution in [3.05, 3.63) is 69.7 Å². The summed E-state index contributed by atoms with van der Waals surface area (Å²) in [6.45, 7) is 2.40. The molecule has 2 aromatic rings. The number of hydrogen-bond donors (Lipinski definition) is 3. The minimum atomic E-state index is -1.000. The van der Waals surface area contributed by atoms with Gasteiger partial charge >= 0.3 is 6.09 Å². The maximum absolute atomic E-state index is 11.7. The van der Waals surface area contributed by atoms with E-state index in [4.69, 9.17) is 4.74 Å². The lowest BCUT2D eigenvalue weighted by molar-refractivity contribution is 0.0131. The molecule has 0 aliphatic rings. The van der Waals surface area contributed by atoms with E-state index in [9.17, 15) is 15.0 Å². The minimum Gasteiger partial charge on any atom is -0.445 e. The van der Waals surface area contributed by atoms with E-state index in [0.29, 0.717) is 5.56 Å². The Morgan fingerprint density at radius 1 is 1.19 bits per heavy atom. The molecule has 0 aliphatic heterocycles. The Labute approximate surface area is 162 Å². The van der Waals surface area contributed by atoms with Crippen molar-refractivity contribution in [1.29, 1.82) is 0 Å². The number of rotatable bonds is 8. The highest BCUT2D eigenvalue weighted by atomic mass is 79.9. The maximum Gasteiger partial charge on any atom is 0.407 e. The first kappa shape index (κ1) is 20.4. The van der Waals surface area contributed by atoms with Gasteiger partial charge in [-0.1, -0.05) is 59.3 Å². The second-order valence-electron chi connectivity index (χ2n) is 5.99. The summed E-state index contributed by atoms with van der Waals surface area (Å²) >= 11 is 3.41. The number of carbonyl (C=O) groups is 1. The molecule has 26 heavy (non-hydrogen) atoms. The van der Waals surface area contributed by atoms with Crippen LogP contribution < -0.4 is 5.32 Å². The number of aliphatic hydroxyl groups excluding tert-OH is 2. The second-order valence-corrected chi connectivity index (χ2v) is 6.90. The summed E-state index contributed by atoms with van der Waals surface area (Å²) in [5.41, 5.74) is 2.58. The number of alkyl carbamates (subject to hydrolysis) is 1. The summed E-state index contributed by atoms with van der Waals surface area (Å²) < 4.78 is 6.04. The van der Waals surface area contributed by atoms with Crippen LogP contribution in [0.1, 0.15) is 36.1 Å². The topological polar surface area (TPSA) is 78.8 Å². The summed E-state index contributed by atoms with van der Waals surface area (Å²) in [5.74, 6) is 0. The van der Waals surface area contributed by atoms with Crippen LogP contribution in [0.4, 0.5) is 4.79 Å². The first-order chi connectivity index (χ1) is 12.5. The Morgan fingerprint density at radius 2 is 1.92 bits per heavy atom. The quantitative estimate of drug-likeness (QED) is 0.606. The van der Waals surface area contributed by atoms with E-state index in [1.165, 1.54) is 0 Å². The first-order valence-corrected chi connectivity index (χ1v) is 9.39. The van der Waals surface area contributed by atoms with Crippen LogP contribution in [0.2, 0.25) is 0 Å². The van der Waals surface area contributed by atoms with Crippen LogP contribution in [-0.4, -0.2) is 29.0 Å². The fourth-order valence-corrected chi connectivity index (χ4v) is 3.04. The molecule has 1 amide bonds. The lowest BCUT2D eigenvalue weighted by Gasteiger charge is -2.21. The number of nitrogens with one attached hydrogen (secondary N) is 1. The molecule has 0 aliphatic carbocycles. The van der Waals surface area contributed by atoms with Gasteiger partial charge < -0.3 is 20.3 Å². The Morgan fingerprint density at radius 3 is 2.62 bits per heavy atom. The van der Waals surface area contributed by atoms with Crippen LogP contribution in [0.3, 0.4) is 0 Å². The summed E-state index contributed by atoms with van der Waals surface area (Å²) in [4.78, 5) is 11.7. The fraction of sp³-hybridized carbons (Fsp3) is 0.350. The standard InChI is InChI=1S/C20H24BrNO4/c1-2-15-12-16(21)8-9-17(15)19(24)18(23)10-11-22-20(25)26-13-14-6-4-3-5-7-14/h3-9,12,18-19,23-24H,2,10-11,13H2,1H3,(H,22,25). The maximum atomic E-state index is 11.7. The zero-order chi connectivity index (χ0) is 18.9. The number of halogens is 1. The molecule has 3 N–H and O–H groups in total. The van der Waals surface area contributed by atoms with Crippen molar-refractivity contribution in [3.63, 3.8) is 0 Å². The van der Waals surface area contributed by atoms with Crippen LogP contribution in [0.5, 0.6) is 0 Å². The van der Waals surface area contributed by atoms with Gasteiger partial charge in [0.05, 0.1) is 6.10 Å². The van der Waals surface area contributed by atoms with Crippen molar-refractivity contribution >= 4 is 22.0 Å². The lowest BCUT2D eigenvalue weighted by Crippen LogP contribution is -2.30. The number of carbonyl (C=O) groups excluding carboxylic acids is 1. The van der Waals surface area contributed by atoms with Crippen molar-refractivity contribution < 1.29 is 19.7 Å². The number of ether oxygens (including phenoxy) is 1. The molecule has 0 saturated carbocycles. The largest absolute Gasteiger partial charge is 0.445 e. The normalized spacial score (nSPS) is 13.1. The molecular formula is C20H24BrNO4. The predicted molar refractivity (Wildman–Crippen MR) is 104 cm³/mol. The van der Waals surface area contributed by atoms with Gasteiger partial charge in [-0.3, -0.25) is 0 Å². The van der Waals surface area contributed by atoms with Gasteiger partial charge in [-0.05, 0) is 41.7 Å². The van der Waals surface area contributed by atoms with E-state index in [0.717, 1.165) is 22.0 Å². The van der Waals surface area contributed by atoms with E-state index in [2.05, 4.69) is 21.2 Å². The van der Waals surface area contributed by atoms with Crippen LogP contribution in [0.15, 0.2) is 53.0 Å². The van der Waals surface area contributed by atoms with Gasteiger partial charge in [-0.15, -0.1) is 0 Å². The zero-order valence-electron chi connectivity index (χ0n) is 14.7. The van der Waals surface area contributed by atoms with E-state index >= 15 is 0 Å². The molecule has 6 heteroatoms. The predicted octanol–water partition coefficient (Wildman–Crippen LogP) is 3.72. The Hall–Kier alpha value is -1.89. The average Bonchev–Trinajstić information content (AvgIpc) is 2.66. The molecule has 0 bridgehead atoms. The molecule has 0 spiro atoms. The molecule has 2 aromatic carbocycles. The Kier molecular flexibility index (Phi) is 8.09. The van der Waals surface area contributed by atoms with Crippen LogP contribution in [-0.2, 0) is 17.8 Å². The molecule has 0 radical (unpaired) electrons. The summed E-state index contributed by atoms with van der Waals surface area (Å²) in [7, 11) is 0. The van der Waals surface area contributed by atoms with Gasteiger partial charge in [0, 0.05) is 11.0 Å². The molecule has 2 atom stereocenters. The van der Waals surface area contributed by atoms with Gasteiger partial charge in [0.15, 0.2) is 0 Å². The van der Waals surface area contributed by atoms with Crippen molar-refractivity contribution in [1.82, 2.24) is 5.32 Å². The molecule has 0 aromatic heterocycles. The first-order valence-electron chi connectivity index (χ1n) is 8.60. The Bertz CT molecular complexity index is 708. The molecule has 0 fully saturated rings. The monoisotopic (exact) mass is 421 g/mol. The fourth-order valence-electron chi connectivity index (χ4n) is 2.63. The highest BCUT2D eigenvalue weighted by Crippen LogP contribution is 2.26. The van der Waals surface area contributed by atoms with Crippen LogP contribution in [0, 0.1) is 0 Å². The number of amides is 1. The molecule has 0 saturated heterocycles. The van der Waals surface area contributed by atoms with E-state index in [1.807, 2.05) is 49.4 Å². The second kappa shape index (κ2) is 10.3. The van der Waals surface area contributed by atoms with E-state index in [1.54, 1.807) is 6.07 Å². The number of benzene rings is 2. The third-order valence-corrected chi connectivity index (χ3v) is 4.58. The van der Waals surface area contributed by atoms with Crippen LogP contribution >= 0.6 is 15.9 Å². The molecule has 2 unspecified atom stereocenters. The molecule has 140 valence electrons. The third kappa shape index (κ3) is 6.12. The molecule has 5 nitrogen and oxygen atoms in total. The Balaban J connectivity index is 1.77. The number of aryl methyl sites for hydroxylation is 1. The van der Waals surface area contributed by atoms with Crippen molar-refractivity contribution in [2.75, 3.05) is 6.54 Å². The SMILES string of the molecule is CCc1cc(Br)ccc1C(O)C(O)CCNC(=O)OCc1ccccc1. The van der Waals surface area contributed by atoms with Gasteiger partial charge in [-0.25, -0.2) is 4.79 Å². The smallest absolute Gasteiger partial charge is 0.407 e. The molecular weight excluding hydrogens is 398 g/mol. The highest BCUT2D eigenvalue weighted by molar-refractivity contribution is 9.10. The summed E-state index contributed by atoms with van der Waals surface area (Å²) in [5, 5.41) is 23.2. The highest BCUT2D eigenvalue weighted by Gasteiger charge is 2.21. The summed E-state index contributed by atoms with van der Waals surface area (Å²) in [6, 6.07) is 15.0. The van der Waals surface area contributed by atoms with E-state index < -0.39 is 18.3 Å². The minimum absolute atomic E-state index is 0.191. The van der Waals surface area contributed by atoms with Gasteiger partial charge in [-0.2, -0.15) is 0 Å². The number of aliphatic hydroxyl groups is 2. The number of hydrogen-bond acceptors (Lipinski definition) is 4. The van der Waals surface area contributed by atoms with E-state index in [-0.39, 0.29) is 19.6 Å². The lowest BCUT2D eigenvalue weighted by atomic mass is 9.96. The van der Waals surface area contributed by atoms with Crippen molar-refractivity contribution in [2.45, 2.75) is 38.6 Å². The average molecular weight is 422 g/mol. The van der Waals surface area contributed by atoms with Gasteiger partial charge in [0.25, 0.3) is 0 Å². The van der Waals surface area contributed by atoms with Crippen molar-refractivity contribution in [2.24, 2.45) is 0 Å². The summed E-state index contributed by atoms with van der Waals surface area (Å²) in [6.07, 6.45) is -1.55. The van der Waals surface area contributed by atoms with Crippen LogP contribution in [0.25, 0.3) is 0 Å².